The van der Waals surface area contributed by atoms with Crippen LogP contribution in [-0.4, -0.2) is 17.7 Å². The molecule has 2 aromatic heterocycles. The van der Waals surface area contributed by atoms with Crippen LogP contribution in [0, 0.1) is 0 Å². The van der Waals surface area contributed by atoms with Crippen LogP contribution in [0.1, 0.15) is 23.2 Å². The molecule has 0 fully saturated rings. The first kappa shape index (κ1) is 13.6. The summed E-state index contributed by atoms with van der Waals surface area (Å²) in [5.74, 6) is 0.515. The third kappa shape index (κ3) is 4.42. The van der Waals surface area contributed by atoms with Gasteiger partial charge in [0.25, 0.3) is 0 Å². The fraction of sp³-hybridized carbons (Fsp3) is 0.308. The fourth-order valence-electron chi connectivity index (χ4n) is 1.59. The van der Waals surface area contributed by atoms with Crippen molar-refractivity contribution < 1.29 is 14.3 Å². The Kier molecular flexibility index (Phi) is 5.00. The molecule has 1 unspecified atom stereocenters. The molecule has 2 rings (SSSR count). The second-order valence-corrected chi connectivity index (χ2v) is 5.04. The first-order valence-corrected chi connectivity index (χ1v) is 6.89. The maximum Gasteiger partial charge on any atom is 0.315 e. The summed E-state index contributed by atoms with van der Waals surface area (Å²) in [5.41, 5.74) is 0. The van der Waals surface area contributed by atoms with Crippen LogP contribution in [0.2, 0.25) is 0 Å². The van der Waals surface area contributed by atoms with E-state index in [4.69, 9.17) is 4.42 Å². The van der Waals surface area contributed by atoms with Crippen molar-refractivity contribution in [3.8, 4) is 0 Å². The Balaban J connectivity index is 1.61. The minimum Gasteiger partial charge on any atom is -0.467 e. The van der Waals surface area contributed by atoms with E-state index in [1.165, 1.54) is 6.26 Å². The number of nitrogens with one attached hydrogen (secondary N) is 2. The van der Waals surface area contributed by atoms with Crippen molar-refractivity contribution in [3.05, 3.63) is 46.5 Å². The van der Waals surface area contributed by atoms with Gasteiger partial charge in [0, 0.05) is 11.4 Å². The first-order chi connectivity index (χ1) is 9.25. The lowest BCUT2D eigenvalue weighted by molar-refractivity contribution is 0.140. The molecule has 0 radical (unpaired) electrons. The second kappa shape index (κ2) is 6.96. The molecule has 0 bridgehead atoms. The molecule has 6 heteroatoms. The summed E-state index contributed by atoms with van der Waals surface area (Å²) in [5, 5.41) is 17.1. The van der Waals surface area contributed by atoms with Gasteiger partial charge in [-0.05, 0) is 30.0 Å². The van der Waals surface area contributed by atoms with Crippen LogP contribution >= 0.6 is 11.3 Å². The van der Waals surface area contributed by atoms with Crippen molar-refractivity contribution in [3.63, 3.8) is 0 Å². The zero-order valence-electron chi connectivity index (χ0n) is 10.3. The molecule has 3 N–H and O–H groups in total. The number of amides is 2. The van der Waals surface area contributed by atoms with Gasteiger partial charge in [-0.2, -0.15) is 0 Å². The van der Waals surface area contributed by atoms with E-state index in [1.54, 1.807) is 23.5 Å². The Morgan fingerprint density at radius 2 is 2.26 bits per heavy atom. The number of thiophene rings is 1. The van der Waals surface area contributed by atoms with Gasteiger partial charge in [-0.25, -0.2) is 4.79 Å². The number of furan rings is 1. The molecule has 0 saturated carbocycles. The lowest BCUT2D eigenvalue weighted by atomic mass is 10.2. The zero-order chi connectivity index (χ0) is 13.5. The van der Waals surface area contributed by atoms with E-state index in [1.807, 2.05) is 17.5 Å². The molecule has 19 heavy (non-hydrogen) atoms. The normalized spacial score (nSPS) is 12.1. The van der Waals surface area contributed by atoms with E-state index in [0.717, 1.165) is 4.88 Å². The predicted molar refractivity (Wildman–Crippen MR) is 72.8 cm³/mol. The average Bonchev–Trinajstić information content (AvgIpc) is 3.09. The van der Waals surface area contributed by atoms with Crippen molar-refractivity contribution in [1.82, 2.24) is 10.6 Å². The number of aliphatic hydroxyl groups is 1. The van der Waals surface area contributed by atoms with Crippen LogP contribution < -0.4 is 10.6 Å². The zero-order valence-corrected chi connectivity index (χ0v) is 11.2. The molecule has 2 heterocycles. The molecular formula is C13H16N2O3S. The van der Waals surface area contributed by atoms with E-state index < -0.39 is 6.10 Å². The molecular weight excluding hydrogens is 264 g/mol. The van der Waals surface area contributed by atoms with Crippen LogP contribution in [0.25, 0.3) is 0 Å². The van der Waals surface area contributed by atoms with Gasteiger partial charge in [0.15, 0.2) is 0 Å². The molecule has 0 aliphatic heterocycles. The SMILES string of the molecule is O=C(NCCC(O)c1ccco1)NCc1cccs1. The van der Waals surface area contributed by atoms with Gasteiger partial charge < -0.3 is 20.2 Å². The quantitative estimate of drug-likeness (QED) is 0.760. The lowest BCUT2D eigenvalue weighted by Crippen LogP contribution is -2.35. The largest absolute Gasteiger partial charge is 0.467 e. The van der Waals surface area contributed by atoms with Crippen molar-refractivity contribution in [2.45, 2.75) is 19.1 Å². The summed E-state index contributed by atoms with van der Waals surface area (Å²) in [6.07, 6.45) is 1.24. The molecule has 0 aliphatic rings. The molecule has 5 nitrogen and oxygen atoms in total. The molecule has 0 aliphatic carbocycles. The van der Waals surface area contributed by atoms with Gasteiger partial charge in [0.1, 0.15) is 11.9 Å². The highest BCUT2D eigenvalue weighted by molar-refractivity contribution is 7.09. The Bertz CT molecular complexity index is 482. The van der Waals surface area contributed by atoms with Gasteiger partial charge in [0.2, 0.25) is 0 Å². The van der Waals surface area contributed by atoms with E-state index in [2.05, 4.69) is 10.6 Å². The van der Waals surface area contributed by atoms with Gasteiger partial charge in [-0.3, -0.25) is 0 Å². The summed E-state index contributed by atoms with van der Waals surface area (Å²) in [6.45, 7) is 0.905. The van der Waals surface area contributed by atoms with Crippen LogP contribution in [0.5, 0.6) is 0 Å². The summed E-state index contributed by atoms with van der Waals surface area (Å²) in [4.78, 5) is 12.6. The van der Waals surface area contributed by atoms with E-state index in [0.29, 0.717) is 25.3 Å². The second-order valence-electron chi connectivity index (χ2n) is 4.01. The highest BCUT2D eigenvalue weighted by Gasteiger charge is 2.10. The third-order valence-corrected chi connectivity index (χ3v) is 3.45. The maximum atomic E-state index is 11.5. The predicted octanol–water partition coefficient (Wildman–Crippen LogP) is 2.26. The standard InChI is InChI=1S/C13H16N2O3S/c16-11(12-4-1-7-18-12)5-6-14-13(17)15-9-10-3-2-8-19-10/h1-4,7-8,11,16H,5-6,9H2,(H2,14,15,17). The van der Waals surface area contributed by atoms with Crippen LogP contribution in [-0.2, 0) is 6.54 Å². The Morgan fingerprint density at radius 1 is 1.37 bits per heavy atom. The monoisotopic (exact) mass is 280 g/mol. The van der Waals surface area contributed by atoms with Gasteiger partial charge in [0.05, 0.1) is 12.8 Å². The number of rotatable bonds is 6. The van der Waals surface area contributed by atoms with Crippen LogP contribution in [0.4, 0.5) is 4.79 Å². The minimum absolute atomic E-state index is 0.236. The Hall–Kier alpha value is -1.79. The third-order valence-electron chi connectivity index (χ3n) is 2.58. The summed E-state index contributed by atoms with van der Waals surface area (Å²) < 4.78 is 5.07. The van der Waals surface area contributed by atoms with Gasteiger partial charge >= 0.3 is 6.03 Å². The molecule has 0 saturated heterocycles. The number of carbonyl (C=O) groups excluding carboxylic acids is 1. The molecule has 0 spiro atoms. The Morgan fingerprint density at radius 3 is 2.95 bits per heavy atom. The van der Waals surface area contributed by atoms with Gasteiger partial charge in [-0.1, -0.05) is 6.07 Å². The molecule has 1 atom stereocenters. The topological polar surface area (TPSA) is 74.5 Å². The van der Waals surface area contributed by atoms with Crippen molar-refractivity contribution >= 4 is 17.4 Å². The fourth-order valence-corrected chi connectivity index (χ4v) is 2.23. The minimum atomic E-state index is -0.687. The van der Waals surface area contributed by atoms with Crippen molar-refractivity contribution in [1.29, 1.82) is 0 Å². The summed E-state index contributed by atoms with van der Waals surface area (Å²) >= 11 is 1.60. The van der Waals surface area contributed by atoms with Crippen LogP contribution in [0.15, 0.2) is 40.3 Å². The molecule has 102 valence electrons. The number of hydrogen-bond donors (Lipinski definition) is 3. The smallest absolute Gasteiger partial charge is 0.315 e. The highest BCUT2D eigenvalue weighted by Crippen LogP contribution is 2.15. The number of carbonyl (C=O) groups is 1. The molecule has 0 aromatic carbocycles. The average molecular weight is 280 g/mol. The summed E-state index contributed by atoms with van der Waals surface area (Å²) in [7, 11) is 0. The number of hydrogen-bond acceptors (Lipinski definition) is 4. The molecule has 2 aromatic rings. The van der Waals surface area contributed by atoms with Crippen molar-refractivity contribution in [2.75, 3.05) is 6.54 Å². The van der Waals surface area contributed by atoms with Crippen LogP contribution in [0.3, 0.4) is 0 Å². The Labute approximate surface area is 115 Å². The van der Waals surface area contributed by atoms with E-state index in [-0.39, 0.29) is 6.03 Å². The number of urea groups is 1. The van der Waals surface area contributed by atoms with E-state index >= 15 is 0 Å². The lowest BCUT2D eigenvalue weighted by Gasteiger charge is -2.09. The van der Waals surface area contributed by atoms with E-state index in [9.17, 15) is 9.90 Å². The molecule has 2 amide bonds. The first-order valence-electron chi connectivity index (χ1n) is 6.01. The highest BCUT2D eigenvalue weighted by atomic mass is 32.1. The summed E-state index contributed by atoms with van der Waals surface area (Å²) in [6, 6.07) is 7.10. The number of aliphatic hydroxyl groups excluding tert-OH is 1. The van der Waals surface area contributed by atoms with Crippen molar-refractivity contribution in [2.24, 2.45) is 0 Å². The maximum absolute atomic E-state index is 11.5. The van der Waals surface area contributed by atoms with Gasteiger partial charge in [-0.15, -0.1) is 11.3 Å².